The van der Waals surface area contributed by atoms with Gasteiger partial charge in [-0.3, -0.25) is 14.4 Å². The van der Waals surface area contributed by atoms with Crippen molar-refractivity contribution in [3.05, 3.63) is 36.4 Å². The molecule has 1 aromatic rings. The third-order valence-electron chi connectivity index (χ3n) is 8.31. The summed E-state index contributed by atoms with van der Waals surface area (Å²) in [6.45, 7) is 6.44. The molecule has 194 valence electrons. The zero-order chi connectivity index (χ0) is 25.4. The van der Waals surface area contributed by atoms with Crippen molar-refractivity contribution >= 4 is 23.4 Å². The number of likely N-dealkylation sites (tertiary alicyclic amines) is 1. The van der Waals surface area contributed by atoms with Crippen LogP contribution in [0.3, 0.4) is 0 Å². The number of nitrogens with one attached hydrogen (secondary N) is 2. The van der Waals surface area contributed by atoms with E-state index in [0.29, 0.717) is 18.7 Å². The van der Waals surface area contributed by atoms with Crippen LogP contribution in [0.15, 0.2) is 36.4 Å². The molecule has 3 amide bonds. The lowest BCUT2D eigenvalue weighted by Gasteiger charge is -2.36. The molecule has 36 heavy (non-hydrogen) atoms. The van der Waals surface area contributed by atoms with Crippen LogP contribution in [0, 0.1) is 11.8 Å². The number of fused-ring (bicyclic) bond motifs is 1. The van der Waals surface area contributed by atoms with Crippen molar-refractivity contribution in [2.45, 2.75) is 89.1 Å². The van der Waals surface area contributed by atoms with Crippen molar-refractivity contribution in [1.29, 1.82) is 0 Å². The van der Waals surface area contributed by atoms with Crippen molar-refractivity contribution in [1.82, 2.24) is 10.2 Å². The molecule has 2 bridgehead atoms. The van der Waals surface area contributed by atoms with E-state index < -0.39 is 29.6 Å². The fourth-order valence-electron chi connectivity index (χ4n) is 6.43. The first kappa shape index (κ1) is 24.8. The maximum absolute atomic E-state index is 13.9. The molecule has 0 radical (unpaired) electrons. The van der Waals surface area contributed by atoms with Crippen LogP contribution in [0.25, 0.3) is 0 Å². The standard InChI is InChI=1S/C28H37N3O5/c1-4-17(3)31-24(26(33)30-18-9-7-6-8-10-18)28-16-15-21(36-28)22(23(28)27(31)34)25(32)29-19-11-13-20(14-12-19)35-5-2/h11-18,21-24H,4-10H2,1-3H3,(H,29,32)(H,30,33). The van der Waals surface area contributed by atoms with Crippen LogP contribution in [0.2, 0.25) is 0 Å². The third-order valence-corrected chi connectivity index (χ3v) is 8.31. The summed E-state index contributed by atoms with van der Waals surface area (Å²) in [5.74, 6) is -1.32. The van der Waals surface area contributed by atoms with Gasteiger partial charge in [0.2, 0.25) is 17.7 Å². The monoisotopic (exact) mass is 495 g/mol. The fourth-order valence-corrected chi connectivity index (χ4v) is 6.43. The molecule has 6 atom stereocenters. The SMILES string of the molecule is CCOc1ccc(NC(=O)C2C3C=CC4(O3)C2C(=O)N(C(C)CC)C4C(=O)NC2CCCCC2)cc1. The first-order valence-corrected chi connectivity index (χ1v) is 13.4. The minimum Gasteiger partial charge on any atom is -0.494 e. The lowest BCUT2D eigenvalue weighted by molar-refractivity contribution is -0.143. The molecule has 6 unspecified atom stereocenters. The Balaban J connectivity index is 1.40. The summed E-state index contributed by atoms with van der Waals surface area (Å²) >= 11 is 0. The number of rotatable bonds is 8. The van der Waals surface area contributed by atoms with Gasteiger partial charge in [-0.2, -0.15) is 0 Å². The predicted molar refractivity (Wildman–Crippen MR) is 135 cm³/mol. The summed E-state index contributed by atoms with van der Waals surface area (Å²) in [4.78, 5) is 42.8. The number of amides is 3. The van der Waals surface area contributed by atoms with Gasteiger partial charge < -0.3 is 25.0 Å². The first-order chi connectivity index (χ1) is 17.4. The Morgan fingerprint density at radius 1 is 1.14 bits per heavy atom. The van der Waals surface area contributed by atoms with Gasteiger partial charge >= 0.3 is 0 Å². The van der Waals surface area contributed by atoms with Gasteiger partial charge in [0.05, 0.1) is 24.5 Å². The van der Waals surface area contributed by atoms with E-state index in [1.807, 2.05) is 32.9 Å². The lowest BCUT2D eigenvalue weighted by atomic mass is 9.74. The van der Waals surface area contributed by atoms with E-state index in [0.717, 1.165) is 31.4 Å². The number of carbonyl (C=O) groups is 3. The minimum atomic E-state index is -1.12. The summed E-state index contributed by atoms with van der Waals surface area (Å²) < 4.78 is 11.9. The molecule has 1 aliphatic carbocycles. The summed E-state index contributed by atoms with van der Waals surface area (Å²) in [5.41, 5.74) is -0.495. The van der Waals surface area contributed by atoms with E-state index in [-0.39, 0.29) is 29.8 Å². The molecule has 2 saturated heterocycles. The molecule has 1 aromatic carbocycles. The molecular weight excluding hydrogens is 458 g/mol. The molecule has 3 fully saturated rings. The third kappa shape index (κ3) is 4.09. The highest BCUT2D eigenvalue weighted by Crippen LogP contribution is 2.55. The second kappa shape index (κ2) is 9.88. The molecule has 3 heterocycles. The molecule has 3 aliphatic heterocycles. The van der Waals surface area contributed by atoms with E-state index >= 15 is 0 Å². The van der Waals surface area contributed by atoms with Crippen molar-refractivity contribution in [3.63, 3.8) is 0 Å². The average molecular weight is 496 g/mol. The van der Waals surface area contributed by atoms with Crippen LogP contribution in [0.4, 0.5) is 5.69 Å². The van der Waals surface area contributed by atoms with Crippen LogP contribution < -0.4 is 15.4 Å². The Bertz CT molecular complexity index is 1030. The van der Waals surface area contributed by atoms with Crippen molar-refractivity contribution < 1.29 is 23.9 Å². The zero-order valence-corrected chi connectivity index (χ0v) is 21.4. The molecule has 8 heteroatoms. The summed E-state index contributed by atoms with van der Waals surface area (Å²) in [6.07, 6.45) is 9.20. The topological polar surface area (TPSA) is 97.0 Å². The van der Waals surface area contributed by atoms with Crippen molar-refractivity contribution in [2.75, 3.05) is 11.9 Å². The normalized spacial score (nSPS) is 31.9. The Hall–Kier alpha value is -2.87. The van der Waals surface area contributed by atoms with Gasteiger partial charge in [0.25, 0.3) is 0 Å². The fraction of sp³-hybridized carbons (Fsp3) is 0.607. The van der Waals surface area contributed by atoms with Crippen molar-refractivity contribution in [3.8, 4) is 5.75 Å². The number of hydrogen-bond donors (Lipinski definition) is 2. The molecule has 2 N–H and O–H groups in total. The smallest absolute Gasteiger partial charge is 0.246 e. The quantitative estimate of drug-likeness (QED) is 0.539. The molecule has 1 saturated carbocycles. The highest BCUT2D eigenvalue weighted by molar-refractivity contribution is 6.03. The second-order valence-corrected chi connectivity index (χ2v) is 10.5. The number of carbonyl (C=O) groups excluding carboxylic acids is 3. The average Bonchev–Trinajstić information content (AvgIpc) is 3.53. The maximum Gasteiger partial charge on any atom is 0.246 e. The summed E-state index contributed by atoms with van der Waals surface area (Å²) in [6, 6.07) is 6.36. The number of hydrogen-bond acceptors (Lipinski definition) is 5. The maximum atomic E-state index is 13.9. The van der Waals surface area contributed by atoms with E-state index in [2.05, 4.69) is 10.6 Å². The van der Waals surface area contributed by atoms with E-state index in [1.165, 1.54) is 6.42 Å². The van der Waals surface area contributed by atoms with Gasteiger partial charge in [0, 0.05) is 17.8 Å². The predicted octanol–water partition coefficient (Wildman–Crippen LogP) is 3.42. The van der Waals surface area contributed by atoms with Gasteiger partial charge in [-0.1, -0.05) is 38.3 Å². The number of anilines is 1. The molecular formula is C28H37N3O5. The Morgan fingerprint density at radius 2 is 1.86 bits per heavy atom. The number of nitrogens with zero attached hydrogens (tertiary/aromatic N) is 1. The van der Waals surface area contributed by atoms with E-state index in [4.69, 9.17) is 9.47 Å². The van der Waals surface area contributed by atoms with Crippen LogP contribution >= 0.6 is 0 Å². The second-order valence-electron chi connectivity index (χ2n) is 10.5. The van der Waals surface area contributed by atoms with Gasteiger partial charge in [-0.05, 0) is 57.4 Å². The summed E-state index contributed by atoms with van der Waals surface area (Å²) in [5, 5.41) is 6.18. The zero-order valence-electron chi connectivity index (χ0n) is 21.4. The van der Waals surface area contributed by atoms with Crippen LogP contribution in [0.1, 0.15) is 59.3 Å². The number of ether oxygens (including phenoxy) is 2. The molecule has 8 nitrogen and oxygen atoms in total. The summed E-state index contributed by atoms with van der Waals surface area (Å²) in [7, 11) is 0. The highest BCUT2D eigenvalue weighted by atomic mass is 16.5. The number of benzene rings is 1. The minimum absolute atomic E-state index is 0.122. The van der Waals surface area contributed by atoms with E-state index in [1.54, 1.807) is 29.2 Å². The van der Waals surface area contributed by atoms with Crippen LogP contribution in [-0.2, 0) is 19.1 Å². The van der Waals surface area contributed by atoms with Gasteiger partial charge in [0.15, 0.2) is 0 Å². The van der Waals surface area contributed by atoms with Crippen LogP contribution in [-0.4, -0.2) is 59.1 Å². The lowest BCUT2D eigenvalue weighted by Crippen LogP contribution is -2.58. The Morgan fingerprint density at radius 3 is 2.53 bits per heavy atom. The molecule has 5 rings (SSSR count). The van der Waals surface area contributed by atoms with Crippen LogP contribution in [0.5, 0.6) is 5.75 Å². The molecule has 0 aromatic heterocycles. The van der Waals surface area contributed by atoms with Gasteiger partial charge in [0.1, 0.15) is 17.4 Å². The van der Waals surface area contributed by atoms with E-state index in [9.17, 15) is 14.4 Å². The highest BCUT2D eigenvalue weighted by Gasteiger charge is 2.73. The van der Waals surface area contributed by atoms with Crippen molar-refractivity contribution in [2.24, 2.45) is 11.8 Å². The molecule has 4 aliphatic rings. The van der Waals surface area contributed by atoms with Gasteiger partial charge in [-0.15, -0.1) is 0 Å². The molecule has 1 spiro atoms. The van der Waals surface area contributed by atoms with Gasteiger partial charge in [-0.25, -0.2) is 0 Å². The first-order valence-electron chi connectivity index (χ1n) is 13.4. The Kier molecular flexibility index (Phi) is 6.81. The largest absolute Gasteiger partial charge is 0.494 e. The Labute approximate surface area is 212 Å².